The predicted octanol–water partition coefficient (Wildman–Crippen LogP) is 3.58. The third kappa shape index (κ3) is 5.99. The van der Waals surface area contributed by atoms with Crippen LogP contribution in [0.1, 0.15) is 25.0 Å². The number of ether oxygens (including phenoxy) is 3. The molecule has 1 aliphatic heterocycles. The van der Waals surface area contributed by atoms with Gasteiger partial charge in [0, 0.05) is 0 Å². The van der Waals surface area contributed by atoms with E-state index in [1.54, 1.807) is 31.2 Å². The number of esters is 1. The summed E-state index contributed by atoms with van der Waals surface area (Å²) in [5.41, 5.74) is 2.43. The molecular weight excluding hydrogens is 458 g/mol. The number of aryl methyl sites for hydroxylation is 1. The van der Waals surface area contributed by atoms with Gasteiger partial charge in [-0.25, -0.2) is 9.79 Å². The van der Waals surface area contributed by atoms with E-state index in [-0.39, 0.29) is 23.7 Å². The Balaban J connectivity index is 1.97. The smallest absolute Gasteiger partial charge is 0.344 e. The molecule has 1 aliphatic rings. The first-order valence-electron chi connectivity index (χ1n) is 10.5. The van der Waals surface area contributed by atoms with Gasteiger partial charge in [0.25, 0.3) is 0 Å². The summed E-state index contributed by atoms with van der Waals surface area (Å²) in [7, 11) is 1.42. The minimum Gasteiger partial charge on any atom is -0.546 e. The van der Waals surface area contributed by atoms with Crippen LogP contribution < -0.4 is 14.6 Å². The lowest BCUT2D eigenvalue weighted by Crippen LogP contribution is -2.29. The Hall–Kier alpha value is -3.72. The maximum atomic E-state index is 12.6. The second-order valence-electron chi connectivity index (χ2n) is 7.06. The highest BCUT2D eigenvalue weighted by Crippen LogP contribution is 2.41. The van der Waals surface area contributed by atoms with Gasteiger partial charge >= 0.3 is 5.97 Å². The van der Waals surface area contributed by atoms with Gasteiger partial charge in [-0.3, -0.25) is 0 Å². The van der Waals surface area contributed by atoms with E-state index in [4.69, 9.17) is 14.2 Å². The molecule has 178 valence electrons. The molecule has 0 radical (unpaired) electrons. The van der Waals surface area contributed by atoms with Crippen molar-refractivity contribution in [1.29, 1.82) is 0 Å². The number of aliphatic imine (C=N–C) groups is 1. The van der Waals surface area contributed by atoms with Crippen LogP contribution in [-0.2, 0) is 20.7 Å². The first kappa shape index (κ1) is 24.9. The molecule has 0 fully saturated rings. The lowest BCUT2D eigenvalue weighted by atomic mass is 10.1. The van der Waals surface area contributed by atoms with E-state index in [1.807, 2.05) is 24.3 Å². The Bertz CT molecular complexity index is 1170. The number of hydrogen-bond donors (Lipinski definition) is 1. The topological polar surface area (TPSA) is 117 Å². The molecule has 1 heterocycles. The van der Waals surface area contributed by atoms with Gasteiger partial charge in [0.15, 0.2) is 11.5 Å². The zero-order chi connectivity index (χ0) is 24.7. The molecule has 0 aliphatic carbocycles. The fourth-order valence-corrected chi connectivity index (χ4v) is 4.13. The summed E-state index contributed by atoms with van der Waals surface area (Å²) >= 11 is 1.14. The largest absolute Gasteiger partial charge is 0.546 e. The molecule has 2 aromatic rings. The Kier molecular flexibility index (Phi) is 8.37. The van der Waals surface area contributed by atoms with Gasteiger partial charge < -0.3 is 29.2 Å². The number of hydrogen-bond acceptors (Lipinski definition) is 9. The predicted molar refractivity (Wildman–Crippen MR) is 128 cm³/mol. The number of carbonyl (C=O) groups excluding carboxylic acids is 2. The van der Waals surface area contributed by atoms with Crippen molar-refractivity contribution in [1.82, 2.24) is 0 Å². The van der Waals surface area contributed by atoms with Crippen molar-refractivity contribution in [2.45, 2.75) is 20.3 Å². The zero-order valence-electron chi connectivity index (χ0n) is 19.0. The van der Waals surface area contributed by atoms with Gasteiger partial charge in [0.2, 0.25) is 0 Å². The fraction of sp³-hybridized carbons (Fsp3) is 0.240. The Morgan fingerprint density at radius 2 is 1.85 bits per heavy atom. The van der Waals surface area contributed by atoms with Crippen LogP contribution in [0.2, 0.25) is 0 Å². The minimum absolute atomic E-state index is 0.00135. The summed E-state index contributed by atoms with van der Waals surface area (Å²) in [5.74, 6) is -1.71. The summed E-state index contributed by atoms with van der Waals surface area (Å²) in [4.78, 5) is 28.2. The Labute approximate surface area is 201 Å². The van der Waals surface area contributed by atoms with Crippen LogP contribution >= 0.6 is 11.8 Å². The number of carboxylic acid groups (broad SMARTS) is 1. The van der Waals surface area contributed by atoms with Crippen molar-refractivity contribution in [3.05, 3.63) is 69.8 Å². The average molecular weight is 483 g/mol. The van der Waals surface area contributed by atoms with Gasteiger partial charge in [-0.1, -0.05) is 36.9 Å². The maximum Gasteiger partial charge on any atom is 0.344 e. The normalized spacial score (nSPS) is 15.6. The molecule has 0 spiro atoms. The highest BCUT2D eigenvalue weighted by Gasteiger charge is 2.33. The lowest BCUT2D eigenvalue weighted by molar-refractivity contribution is -0.307. The van der Waals surface area contributed by atoms with Crippen molar-refractivity contribution < 1.29 is 34.0 Å². The highest BCUT2D eigenvalue weighted by molar-refractivity contribution is 8.18. The average Bonchev–Trinajstić information content (AvgIpc) is 3.12. The van der Waals surface area contributed by atoms with Crippen molar-refractivity contribution in [3.63, 3.8) is 0 Å². The van der Waals surface area contributed by atoms with Crippen LogP contribution in [0.4, 0.5) is 5.69 Å². The van der Waals surface area contributed by atoms with Crippen molar-refractivity contribution in [3.8, 4) is 11.5 Å². The molecule has 0 amide bonds. The van der Waals surface area contributed by atoms with Crippen LogP contribution in [0.25, 0.3) is 6.08 Å². The molecule has 1 N–H and O–H groups in total. The molecule has 9 heteroatoms. The van der Waals surface area contributed by atoms with E-state index >= 15 is 0 Å². The molecule has 0 unspecified atom stereocenters. The first-order chi connectivity index (χ1) is 16.4. The van der Waals surface area contributed by atoms with Gasteiger partial charge in [0.05, 0.1) is 30.3 Å². The Morgan fingerprint density at radius 1 is 1.12 bits per heavy atom. The summed E-state index contributed by atoms with van der Waals surface area (Å²) < 4.78 is 15.6. The first-order valence-corrected chi connectivity index (χ1v) is 11.4. The maximum absolute atomic E-state index is 12.6. The zero-order valence-corrected chi connectivity index (χ0v) is 19.8. The third-order valence-corrected chi connectivity index (χ3v) is 5.80. The monoisotopic (exact) mass is 482 g/mol. The van der Waals surface area contributed by atoms with Crippen molar-refractivity contribution in [2.24, 2.45) is 4.99 Å². The number of carbonyl (C=O) groups is 2. The van der Waals surface area contributed by atoms with E-state index < -0.39 is 18.5 Å². The van der Waals surface area contributed by atoms with Crippen LogP contribution in [-0.4, -0.2) is 42.4 Å². The summed E-state index contributed by atoms with van der Waals surface area (Å²) in [5, 5.41) is 21.8. The number of aliphatic hydroxyl groups excluding tert-OH is 1. The molecule has 8 nitrogen and oxygen atoms in total. The third-order valence-electron chi connectivity index (χ3n) is 4.78. The second kappa shape index (κ2) is 11.4. The van der Waals surface area contributed by atoms with Gasteiger partial charge in [-0.2, -0.15) is 0 Å². The molecule has 0 saturated heterocycles. The summed E-state index contributed by atoms with van der Waals surface area (Å²) in [6.07, 6.45) is 2.56. The van der Waals surface area contributed by atoms with E-state index in [0.717, 1.165) is 23.7 Å². The summed E-state index contributed by atoms with van der Waals surface area (Å²) in [6.45, 7) is 3.28. The second-order valence-corrected chi connectivity index (χ2v) is 8.09. The number of benzene rings is 2. The molecule has 0 atom stereocenters. The van der Waals surface area contributed by atoms with Crippen molar-refractivity contribution >= 4 is 40.5 Å². The lowest BCUT2D eigenvalue weighted by Gasteiger charge is -2.11. The van der Waals surface area contributed by atoms with Gasteiger partial charge in [-0.05, 0) is 54.8 Å². The SMILES string of the molecule is CCOC(=O)C1=C(O)/C(=C/c2ccc(OCC(=O)[O-])c(OC)c2)SC1=Nc1ccc(CC)cc1. The molecule has 34 heavy (non-hydrogen) atoms. The molecule has 0 bridgehead atoms. The van der Waals surface area contributed by atoms with E-state index in [2.05, 4.69) is 11.9 Å². The van der Waals surface area contributed by atoms with E-state index in [0.29, 0.717) is 26.9 Å². The Morgan fingerprint density at radius 3 is 2.47 bits per heavy atom. The number of rotatable bonds is 9. The number of carboxylic acids is 1. The quantitative estimate of drug-likeness (QED) is 0.539. The number of methoxy groups -OCH3 is 1. The fourth-order valence-electron chi connectivity index (χ4n) is 3.10. The van der Waals surface area contributed by atoms with Crippen LogP contribution in [0.3, 0.4) is 0 Å². The number of thioether (sulfide) groups is 1. The van der Waals surface area contributed by atoms with Crippen LogP contribution in [0, 0.1) is 0 Å². The van der Waals surface area contributed by atoms with Crippen LogP contribution in [0.15, 0.2) is 63.7 Å². The standard InChI is InChI=1S/C25H25NO7S/c1-4-15-6-9-17(10-7-15)26-24-22(25(30)32-5-2)23(29)20(34-24)13-16-8-11-18(19(12-16)31-3)33-14-21(27)28/h6-13,29H,4-5,14H2,1-3H3,(H,27,28)/p-1/b20-13-,26-24?. The molecular formula is C25H24NO7S-. The summed E-state index contributed by atoms with van der Waals surface area (Å²) in [6, 6.07) is 12.4. The number of aliphatic carboxylic acids is 1. The van der Waals surface area contributed by atoms with Gasteiger partial charge in [-0.15, -0.1) is 0 Å². The molecule has 0 saturated carbocycles. The number of aliphatic hydroxyl groups is 1. The minimum atomic E-state index is -1.35. The van der Waals surface area contributed by atoms with E-state index in [9.17, 15) is 19.8 Å². The van der Waals surface area contributed by atoms with E-state index in [1.165, 1.54) is 7.11 Å². The van der Waals surface area contributed by atoms with Gasteiger partial charge in [0.1, 0.15) is 23.0 Å². The molecule has 2 aromatic carbocycles. The van der Waals surface area contributed by atoms with Crippen LogP contribution in [0.5, 0.6) is 11.5 Å². The molecule has 3 rings (SSSR count). The molecule has 0 aromatic heterocycles. The number of nitrogens with zero attached hydrogens (tertiary/aromatic N) is 1. The van der Waals surface area contributed by atoms with Crippen molar-refractivity contribution in [2.75, 3.05) is 20.3 Å². The highest BCUT2D eigenvalue weighted by atomic mass is 32.2.